The van der Waals surface area contributed by atoms with Crippen LogP contribution in [0.25, 0.3) is 11.0 Å². The second kappa shape index (κ2) is 13.5. The Kier molecular flexibility index (Phi) is 9.93. The fourth-order valence-corrected chi connectivity index (χ4v) is 5.42. The number of para-hydroxylation sites is 1. The van der Waals surface area contributed by atoms with Crippen molar-refractivity contribution in [2.24, 2.45) is 7.05 Å². The Morgan fingerprint density at radius 1 is 1.09 bits per heavy atom. The van der Waals surface area contributed by atoms with Crippen molar-refractivity contribution in [1.29, 1.82) is 0 Å². The Balaban J connectivity index is 0.000000566. The van der Waals surface area contributed by atoms with Gasteiger partial charge in [-0.3, -0.25) is 9.69 Å². The third-order valence-corrected chi connectivity index (χ3v) is 7.82. The van der Waals surface area contributed by atoms with Gasteiger partial charge >= 0.3 is 18.1 Å². The standard InChI is InChI=1S/C30H34N4O3.C2HF3O2/c1-5-24-18-34(16-22-8-6-7-9-28(22)37-24)17-23-14-21(11-10-19(23)2)26(15-29(35)36)25-12-13-27-30(20(25)3)31-32-33(27)4;3-2(4,5)1(6)7/h6-14,24,26H,5,15-18H2,1-4H3,(H,35,36);(H,6,7)/t24?,26-;/m0./s1. The van der Waals surface area contributed by atoms with Crippen LogP contribution in [0.3, 0.4) is 0 Å². The molecule has 2 atom stereocenters. The molecule has 0 saturated heterocycles. The molecule has 2 heterocycles. The van der Waals surface area contributed by atoms with E-state index in [-0.39, 0.29) is 18.4 Å². The van der Waals surface area contributed by atoms with E-state index >= 15 is 0 Å². The molecule has 3 aromatic carbocycles. The number of benzene rings is 3. The molecule has 4 aromatic rings. The van der Waals surface area contributed by atoms with Crippen LogP contribution in [-0.4, -0.2) is 60.9 Å². The number of rotatable bonds is 7. The van der Waals surface area contributed by atoms with Gasteiger partial charge in [0.1, 0.15) is 17.4 Å². The van der Waals surface area contributed by atoms with E-state index < -0.39 is 18.1 Å². The molecule has 1 aliphatic heterocycles. The lowest BCUT2D eigenvalue weighted by Gasteiger charge is -2.25. The zero-order valence-corrected chi connectivity index (χ0v) is 24.9. The van der Waals surface area contributed by atoms with E-state index in [1.54, 1.807) is 4.68 Å². The number of aromatic nitrogens is 3. The maximum absolute atomic E-state index is 12.0. The highest BCUT2D eigenvalue weighted by Gasteiger charge is 2.38. The number of fused-ring (bicyclic) bond motifs is 2. The Morgan fingerprint density at radius 3 is 2.45 bits per heavy atom. The summed E-state index contributed by atoms with van der Waals surface area (Å²) in [6, 6.07) is 18.7. The molecule has 0 amide bonds. The number of aliphatic carboxylic acids is 2. The smallest absolute Gasteiger partial charge is 0.489 e. The number of ether oxygens (including phenoxy) is 1. The number of carbonyl (C=O) groups is 2. The van der Waals surface area contributed by atoms with E-state index in [9.17, 15) is 23.1 Å². The van der Waals surface area contributed by atoms with Crippen LogP contribution in [0.2, 0.25) is 0 Å². The average molecular weight is 613 g/mol. The lowest BCUT2D eigenvalue weighted by molar-refractivity contribution is -0.192. The third-order valence-electron chi connectivity index (χ3n) is 7.82. The van der Waals surface area contributed by atoms with Gasteiger partial charge in [-0.05, 0) is 60.2 Å². The number of carboxylic acids is 2. The van der Waals surface area contributed by atoms with Crippen molar-refractivity contribution in [3.05, 3.63) is 88.0 Å². The fraction of sp³-hybridized carbons (Fsp3) is 0.375. The highest BCUT2D eigenvalue weighted by molar-refractivity contribution is 5.80. The predicted octanol–water partition coefficient (Wildman–Crippen LogP) is 6.00. The Morgan fingerprint density at radius 2 is 1.80 bits per heavy atom. The molecule has 1 aromatic heterocycles. The molecule has 0 radical (unpaired) electrons. The molecular weight excluding hydrogens is 577 g/mol. The zero-order chi connectivity index (χ0) is 32.2. The van der Waals surface area contributed by atoms with Crippen molar-refractivity contribution in [3.8, 4) is 5.75 Å². The SMILES string of the molecule is CCC1CN(Cc2cc([C@H](CC(=O)O)c3ccc4c(nnn4C)c3C)ccc2C)Cc2ccccc2O1.O=C(O)C(F)(F)F. The summed E-state index contributed by atoms with van der Waals surface area (Å²) in [6.45, 7) is 8.73. The molecule has 2 N–H and O–H groups in total. The van der Waals surface area contributed by atoms with Gasteiger partial charge in [-0.25, -0.2) is 9.48 Å². The number of nitrogens with zero attached hydrogens (tertiary/aromatic N) is 4. The normalized spacial score (nSPS) is 15.8. The van der Waals surface area contributed by atoms with Crippen LogP contribution in [0.15, 0.2) is 54.6 Å². The van der Waals surface area contributed by atoms with Crippen LogP contribution in [0.4, 0.5) is 13.2 Å². The van der Waals surface area contributed by atoms with Crippen molar-refractivity contribution in [2.75, 3.05) is 6.54 Å². The summed E-state index contributed by atoms with van der Waals surface area (Å²) in [6.07, 6.45) is -4.00. The first-order valence-corrected chi connectivity index (χ1v) is 14.2. The quantitative estimate of drug-likeness (QED) is 0.261. The van der Waals surface area contributed by atoms with Gasteiger partial charge < -0.3 is 14.9 Å². The summed E-state index contributed by atoms with van der Waals surface area (Å²) in [7, 11) is 1.87. The molecule has 0 bridgehead atoms. The van der Waals surface area contributed by atoms with Gasteiger partial charge in [-0.2, -0.15) is 13.2 Å². The second-order valence-corrected chi connectivity index (χ2v) is 10.9. The first kappa shape index (κ1) is 32.5. The van der Waals surface area contributed by atoms with Gasteiger partial charge in [0.25, 0.3) is 0 Å². The van der Waals surface area contributed by atoms with E-state index in [4.69, 9.17) is 14.6 Å². The predicted molar refractivity (Wildman–Crippen MR) is 157 cm³/mol. The molecule has 0 fully saturated rings. The topological polar surface area (TPSA) is 118 Å². The fourth-order valence-electron chi connectivity index (χ4n) is 5.42. The number of carboxylic acid groups (broad SMARTS) is 2. The van der Waals surface area contributed by atoms with E-state index in [1.165, 1.54) is 16.7 Å². The number of aryl methyl sites for hydroxylation is 3. The van der Waals surface area contributed by atoms with Crippen LogP contribution in [0, 0.1) is 13.8 Å². The van der Waals surface area contributed by atoms with Crippen molar-refractivity contribution in [2.45, 2.75) is 64.9 Å². The maximum atomic E-state index is 12.0. The molecular formula is C32H35F3N4O5. The number of hydrogen-bond acceptors (Lipinski definition) is 6. The summed E-state index contributed by atoms with van der Waals surface area (Å²) >= 11 is 0. The highest BCUT2D eigenvalue weighted by atomic mass is 19.4. The van der Waals surface area contributed by atoms with Gasteiger partial charge in [0.2, 0.25) is 0 Å². The monoisotopic (exact) mass is 612 g/mol. The van der Waals surface area contributed by atoms with E-state index in [0.29, 0.717) is 0 Å². The Hall–Kier alpha value is -4.45. The van der Waals surface area contributed by atoms with Gasteiger partial charge in [0.05, 0.1) is 11.9 Å². The van der Waals surface area contributed by atoms with Gasteiger partial charge in [-0.1, -0.05) is 54.6 Å². The molecule has 12 heteroatoms. The first-order valence-electron chi connectivity index (χ1n) is 14.2. The van der Waals surface area contributed by atoms with Gasteiger partial charge in [0, 0.05) is 38.2 Å². The minimum atomic E-state index is -5.08. The molecule has 44 heavy (non-hydrogen) atoms. The summed E-state index contributed by atoms with van der Waals surface area (Å²) in [4.78, 5) is 23.3. The number of halogens is 3. The van der Waals surface area contributed by atoms with E-state index in [2.05, 4.69) is 65.5 Å². The molecule has 0 aliphatic carbocycles. The van der Waals surface area contributed by atoms with Crippen molar-refractivity contribution < 1.29 is 37.7 Å². The minimum Gasteiger partial charge on any atom is -0.489 e. The van der Waals surface area contributed by atoms with Crippen LogP contribution in [0.5, 0.6) is 5.75 Å². The van der Waals surface area contributed by atoms with Gasteiger partial charge in [-0.15, -0.1) is 5.10 Å². The molecule has 0 spiro atoms. The molecule has 1 unspecified atom stereocenters. The minimum absolute atomic E-state index is 0.0119. The largest absolute Gasteiger partial charge is 0.490 e. The van der Waals surface area contributed by atoms with E-state index in [1.807, 2.05) is 32.2 Å². The molecule has 0 saturated carbocycles. The van der Waals surface area contributed by atoms with Crippen molar-refractivity contribution in [1.82, 2.24) is 19.9 Å². The average Bonchev–Trinajstić information content (AvgIpc) is 3.24. The summed E-state index contributed by atoms with van der Waals surface area (Å²) < 4.78 is 39.8. The van der Waals surface area contributed by atoms with Gasteiger partial charge in [0.15, 0.2) is 0 Å². The van der Waals surface area contributed by atoms with Crippen LogP contribution >= 0.6 is 0 Å². The van der Waals surface area contributed by atoms with Crippen molar-refractivity contribution in [3.63, 3.8) is 0 Å². The first-order chi connectivity index (χ1) is 20.8. The maximum Gasteiger partial charge on any atom is 0.490 e. The third kappa shape index (κ3) is 7.54. The van der Waals surface area contributed by atoms with Crippen LogP contribution in [0.1, 0.15) is 59.1 Å². The van der Waals surface area contributed by atoms with Crippen LogP contribution < -0.4 is 4.74 Å². The summed E-state index contributed by atoms with van der Waals surface area (Å²) in [5.74, 6) is -2.89. The summed E-state index contributed by atoms with van der Waals surface area (Å²) in [5, 5.41) is 25.4. The Bertz CT molecular complexity index is 1650. The highest BCUT2D eigenvalue weighted by Crippen LogP contribution is 2.35. The zero-order valence-electron chi connectivity index (χ0n) is 24.9. The Labute approximate surface area is 252 Å². The summed E-state index contributed by atoms with van der Waals surface area (Å²) in [5.41, 5.74) is 8.33. The van der Waals surface area contributed by atoms with Crippen LogP contribution in [-0.2, 0) is 29.7 Å². The molecule has 5 rings (SSSR count). The number of hydrogen-bond donors (Lipinski definition) is 2. The lowest BCUT2D eigenvalue weighted by atomic mass is 9.84. The van der Waals surface area contributed by atoms with E-state index in [0.717, 1.165) is 59.5 Å². The molecule has 9 nitrogen and oxygen atoms in total. The molecule has 1 aliphatic rings. The van der Waals surface area contributed by atoms with Crippen molar-refractivity contribution >= 4 is 23.0 Å². The lowest BCUT2D eigenvalue weighted by Crippen LogP contribution is -2.32. The molecule has 234 valence electrons. The number of alkyl halides is 3. The second-order valence-electron chi connectivity index (χ2n) is 10.9.